The van der Waals surface area contributed by atoms with Crippen molar-refractivity contribution < 1.29 is 14.3 Å². The van der Waals surface area contributed by atoms with Gasteiger partial charge in [-0.2, -0.15) is 0 Å². The number of amides is 1. The van der Waals surface area contributed by atoms with E-state index in [1.807, 2.05) is 0 Å². The Labute approximate surface area is 104 Å². The van der Waals surface area contributed by atoms with Gasteiger partial charge in [-0.1, -0.05) is 0 Å². The van der Waals surface area contributed by atoms with Gasteiger partial charge in [0.2, 0.25) is 0 Å². The number of benzene rings is 1. The lowest BCUT2D eigenvalue weighted by molar-refractivity contribution is -0.131. The molecule has 0 spiro atoms. The minimum absolute atomic E-state index is 0.263. The van der Waals surface area contributed by atoms with Crippen LogP contribution in [0, 0.1) is 0 Å². The number of hydrogen-bond acceptors (Lipinski definition) is 3. The smallest absolute Gasteiger partial charge is 0.251 e. The number of aldehydes is 1. The Morgan fingerprint density at radius 1 is 1.41 bits per heavy atom. The minimum Gasteiger partial charge on any atom is -0.497 e. The summed E-state index contributed by atoms with van der Waals surface area (Å²) >= 11 is 5.98. The summed E-state index contributed by atoms with van der Waals surface area (Å²) in [5.41, 5.74) is 0.644. The van der Waals surface area contributed by atoms with Crippen molar-refractivity contribution in [3.05, 3.63) is 24.3 Å². The molecule has 1 aliphatic rings. The van der Waals surface area contributed by atoms with E-state index in [-0.39, 0.29) is 5.91 Å². The van der Waals surface area contributed by atoms with Crippen molar-refractivity contribution in [1.82, 2.24) is 0 Å². The van der Waals surface area contributed by atoms with E-state index < -0.39 is 10.9 Å². The summed E-state index contributed by atoms with van der Waals surface area (Å²) in [4.78, 5) is 23.0. The summed E-state index contributed by atoms with van der Waals surface area (Å²) in [6, 6.07) is 6.28. The fourth-order valence-electron chi connectivity index (χ4n) is 1.87. The molecule has 1 aromatic rings. The topological polar surface area (TPSA) is 46.6 Å². The van der Waals surface area contributed by atoms with Crippen LogP contribution in [0.3, 0.4) is 0 Å². The summed E-state index contributed by atoms with van der Waals surface area (Å²) in [5, 5.41) is 0. The van der Waals surface area contributed by atoms with Gasteiger partial charge in [-0.25, -0.2) is 0 Å². The second kappa shape index (κ2) is 4.04. The lowest BCUT2D eigenvalue weighted by Crippen LogP contribution is -2.70. The molecule has 0 aliphatic carbocycles. The quantitative estimate of drug-likeness (QED) is 0.467. The molecule has 0 saturated carbocycles. The highest BCUT2D eigenvalue weighted by atomic mass is 35.5. The molecule has 1 aromatic carbocycles. The second-order valence-corrected chi connectivity index (χ2v) is 4.81. The molecule has 0 unspecified atom stereocenters. The highest BCUT2D eigenvalue weighted by molar-refractivity contribution is 6.43. The number of anilines is 1. The zero-order valence-electron chi connectivity index (χ0n) is 9.51. The first-order chi connectivity index (χ1) is 8.02. The van der Waals surface area contributed by atoms with E-state index in [1.54, 1.807) is 38.3 Å². The SMILES string of the molecule is COc1ccc(N2C(=O)[C@@](C)(Cl)[C@H]2C=O)cc1. The maximum absolute atomic E-state index is 11.8. The standard InChI is InChI=1S/C12H12ClNO3/c1-12(13)10(7-15)14(11(12)16)8-3-5-9(17-2)6-4-8/h3-7,10H,1-2H3/t10-,12+/m1/s1. The van der Waals surface area contributed by atoms with E-state index in [9.17, 15) is 9.59 Å². The van der Waals surface area contributed by atoms with Crippen LogP contribution in [0.25, 0.3) is 0 Å². The van der Waals surface area contributed by atoms with E-state index >= 15 is 0 Å². The third-order valence-electron chi connectivity index (χ3n) is 2.95. The number of carbonyl (C=O) groups is 2. The van der Waals surface area contributed by atoms with Crippen molar-refractivity contribution in [2.75, 3.05) is 12.0 Å². The third-order valence-corrected chi connectivity index (χ3v) is 3.34. The molecule has 0 bridgehead atoms. The van der Waals surface area contributed by atoms with E-state index in [4.69, 9.17) is 16.3 Å². The van der Waals surface area contributed by atoms with Gasteiger partial charge in [0.25, 0.3) is 5.91 Å². The maximum Gasteiger partial charge on any atom is 0.251 e. The van der Waals surface area contributed by atoms with Gasteiger partial charge in [0.15, 0.2) is 0 Å². The van der Waals surface area contributed by atoms with Crippen LogP contribution in [-0.4, -0.2) is 30.2 Å². The van der Waals surface area contributed by atoms with Crippen molar-refractivity contribution >= 4 is 29.5 Å². The summed E-state index contributed by atoms with van der Waals surface area (Å²) in [5.74, 6) is 0.430. The number of methoxy groups -OCH3 is 1. The molecule has 0 aromatic heterocycles. The van der Waals surface area contributed by atoms with Gasteiger partial charge in [-0.3, -0.25) is 9.69 Å². The number of halogens is 1. The summed E-state index contributed by atoms with van der Waals surface area (Å²) in [7, 11) is 1.56. The number of nitrogens with zero attached hydrogens (tertiary/aromatic N) is 1. The first kappa shape index (κ1) is 11.9. The van der Waals surface area contributed by atoms with Crippen LogP contribution in [0.2, 0.25) is 0 Å². The molecule has 1 saturated heterocycles. The first-order valence-corrected chi connectivity index (χ1v) is 5.52. The molecule has 1 amide bonds. The Morgan fingerprint density at radius 3 is 2.47 bits per heavy atom. The Hall–Kier alpha value is -1.55. The summed E-state index contributed by atoms with van der Waals surface area (Å²) in [6.45, 7) is 1.55. The molecule has 1 fully saturated rings. The number of β-lactam (4-membered cyclic amide) rings is 1. The molecular weight excluding hydrogens is 242 g/mol. The predicted molar refractivity (Wildman–Crippen MR) is 64.6 cm³/mol. The fraction of sp³-hybridized carbons (Fsp3) is 0.333. The molecule has 5 heteroatoms. The van der Waals surface area contributed by atoms with Gasteiger partial charge in [0, 0.05) is 5.69 Å². The largest absolute Gasteiger partial charge is 0.497 e. The van der Waals surface area contributed by atoms with E-state index in [2.05, 4.69) is 0 Å². The van der Waals surface area contributed by atoms with Gasteiger partial charge < -0.3 is 9.53 Å². The van der Waals surface area contributed by atoms with Crippen LogP contribution in [0.4, 0.5) is 5.69 Å². The van der Waals surface area contributed by atoms with Crippen molar-refractivity contribution in [1.29, 1.82) is 0 Å². The van der Waals surface area contributed by atoms with Gasteiger partial charge >= 0.3 is 0 Å². The highest BCUT2D eigenvalue weighted by Gasteiger charge is 2.57. The number of hydrogen-bond donors (Lipinski definition) is 0. The fourth-order valence-corrected chi connectivity index (χ4v) is 2.11. The molecular formula is C12H12ClNO3. The Kier molecular flexibility index (Phi) is 2.83. The molecule has 0 radical (unpaired) electrons. The lowest BCUT2D eigenvalue weighted by atomic mass is 9.88. The molecule has 4 nitrogen and oxygen atoms in total. The molecule has 90 valence electrons. The van der Waals surface area contributed by atoms with Crippen LogP contribution in [-0.2, 0) is 9.59 Å². The molecule has 17 heavy (non-hydrogen) atoms. The maximum atomic E-state index is 11.8. The van der Waals surface area contributed by atoms with Gasteiger partial charge in [0.1, 0.15) is 23.0 Å². The Bertz CT molecular complexity index is 455. The molecule has 2 atom stereocenters. The van der Waals surface area contributed by atoms with Crippen LogP contribution in [0.15, 0.2) is 24.3 Å². The van der Waals surface area contributed by atoms with Gasteiger partial charge in [-0.15, -0.1) is 11.6 Å². The lowest BCUT2D eigenvalue weighted by Gasteiger charge is -2.48. The third kappa shape index (κ3) is 1.69. The monoisotopic (exact) mass is 253 g/mol. The van der Waals surface area contributed by atoms with Crippen molar-refractivity contribution in [3.8, 4) is 5.75 Å². The van der Waals surface area contributed by atoms with Crippen molar-refractivity contribution in [3.63, 3.8) is 0 Å². The average Bonchev–Trinajstić information content (AvgIpc) is 2.35. The van der Waals surface area contributed by atoms with Crippen molar-refractivity contribution in [2.24, 2.45) is 0 Å². The predicted octanol–water partition coefficient (Wildman–Crippen LogP) is 1.61. The van der Waals surface area contributed by atoms with Crippen molar-refractivity contribution in [2.45, 2.75) is 17.8 Å². The Morgan fingerprint density at radius 2 is 2.00 bits per heavy atom. The average molecular weight is 254 g/mol. The van der Waals surface area contributed by atoms with Crippen LogP contribution >= 0.6 is 11.6 Å². The molecule has 0 N–H and O–H groups in total. The van der Waals surface area contributed by atoms with Crippen LogP contribution in [0.5, 0.6) is 5.75 Å². The van der Waals surface area contributed by atoms with Gasteiger partial charge in [-0.05, 0) is 31.2 Å². The first-order valence-electron chi connectivity index (χ1n) is 5.14. The molecule has 2 rings (SSSR count). The normalized spacial score (nSPS) is 27.6. The zero-order valence-corrected chi connectivity index (χ0v) is 10.3. The summed E-state index contributed by atoms with van der Waals surface area (Å²) in [6.07, 6.45) is 0.693. The number of carbonyl (C=O) groups excluding carboxylic acids is 2. The second-order valence-electron chi connectivity index (χ2n) is 4.03. The Balaban J connectivity index is 2.28. The molecule has 1 heterocycles. The van der Waals surface area contributed by atoms with Crippen LogP contribution < -0.4 is 9.64 Å². The van der Waals surface area contributed by atoms with Crippen LogP contribution in [0.1, 0.15) is 6.92 Å². The molecule has 1 aliphatic heterocycles. The zero-order chi connectivity index (χ0) is 12.6. The van der Waals surface area contributed by atoms with E-state index in [0.717, 1.165) is 0 Å². The highest BCUT2D eigenvalue weighted by Crippen LogP contribution is 2.39. The number of rotatable bonds is 3. The van der Waals surface area contributed by atoms with E-state index in [1.165, 1.54) is 4.90 Å². The van der Waals surface area contributed by atoms with Gasteiger partial charge in [0.05, 0.1) is 7.11 Å². The number of ether oxygens (including phenoxy) is 1. The summed E-state index contributed by atoms with van der Waals surface area (Å²) < 4.78 is 5.02. The number of alkyl halides is 1. The van der Waals surface area contributed by atoms with E-state index in [0.29, 0.717) is 17.7 Å². The minimum atomic E-state index is -1.12.